The summed E-state index contributed by atoms with van der Waals surface area (Å²) in [6.45, 7) is 8.80. The summed E-state index contributed by atoms with van der Waals surface area (Å²) in [7, 11) is 0. The summed E-state index contributed by atoms with van der Waals surface area (Å²) in [5.74, 6) is -0.216. The second-order valence-electron chi connectivity index (χ2n) is 13.4. The first-order chi connectivity index (χ1) is 23.5. The molecule has 2 aromatic carbocycles. The Morgan fingerprint density at radius 2 is 1.39 bits per heavy atom. The van der Waals surface area contributed by atoms with Crippen LogP contribution in [0.3, 0.4) is 0 Å². The van der Waals surface area contributed by atoms with E-state index >= 15 is 0 Å². The standard InChI is InChI=1S/C37H53N5O7/c1-5-24(4)34-36(46)38-17-7-19-49-28-15-11-26(12-16-28)21-30(35(45)42-34)39-22-31(43)29-20-25-9-13-27(14-10-25)48-18-6-8-32(44)41-33(23(2)3)37(47)40-29/h9-16,23-24,29-31,33-34,39,43H,5-8,17-22H2,1-4H3,(H,38,46)(H,40,47)(H,41,44)(H,42,45)/t24-,29-,30-,31+,33-,34-/m0/s1. The molecule has 49 heavy (non-hydrogen) atoms. The van der Waals surface area contributed by atoms with Gasteiger partial charge in [0.1, 0.15) is 23.6 Å². The van der Waals surface area contributed by atoms with Crippen LogP contribution < -0.4 is 36.1 Å². The minimum Gasteiger partial charge on any atom is -0.494 e. The molecular weight excluding hydrogens is 626 g/mol. The van der Waals surface area contributed by atoms with E-state index in [1.165, 1.54) is 0 Å². The molecule has 4 bridgehead atoms. The molecule has 4 heterocycles. The van der Waals surface area contributed by atoms with Crippen LogP contribution in [0.25, 0.3) is 0 Å². The molecule has 4 amide bonds. The van der Waals surface area contributed by atoms with Crippen LogP contribution in [-0.2, 0) is 32.0 Å². The van der Waals surface area contributed by atoms with E-state index in [0.29, 0.717) is 56.9 Å². The number of amides is 4. The zero-order valence-electron chi connectivity index (χ0n) is 29.1. The van der Waals surface area contributed by atoms with Gasteiger partial charge in [-0.25, -0.2) is 0 Å². The fourth-order valence-corrected chi connectivity index (χ4v) is 5.89. The minimum atomic E-state index is -1.12. The van der Waals surface area contributed by atoms with Crippen LogP contribution in [0.15, 0.2) is 48.5 Å². The first-order valence-electron chi connectivity index (χ1n) is 17.6. The summed E-state index contributed by atoms with van der Waals surface area (Å²) in [5.41, 5.74) is 1.74. The molecule has 0 aromatic heterocycles. The van der Waals surface area contributed by atoms with Crippen LogP contribution >= 0.6 is 0 Å². The number of carbonyl (C=O) groups excluding carboxylic acids is 4. The molecule has 4 aliphatic heterocycles. The number of ether oxygens (including phenoxy) is 2. The smallest absolute Gasteiger partial charge is 0.243 e. The van der Waals surface area contributed by atoms with Crippen LogP contribution in [0, 0.1) is 11.8 Å². The highest BCUT2D eigenvalue weighted by atomic mass is 16.5. The molecule has 12 heteroatoms. The SMILES string of the molecule is CC[C@H](C)[C@@H]1NC(=O)[C@@H](NC[C@@H](O)[C@@H]2Cc3ccc(cc3)OCCCC(=O)N[C@@H](C(C)C)C(=O)N2)Cc2ccc(cc2)OCCCNC1=O. The number of carbonyl (C=O) groups is 4. The zero-order chi connectivity index (χ0) is 35.3. The molecule has 4 aliphatic rings. The molecule has 6 rings (SSSR count). The predicted octanol–water partition coefficient (Wildman–Crippen LogP) is 2.02. The normalized spacial score (nSPS) is 24.4. The largest absolute Gasteiger partial charge is 0.494 e. The van der Waals surface area contributed by atoms with Gasteiger partial charge in [-0.3, -0.25) is 19.2 Å². The van der Waals surface area contributed by atoms with Crippen LogP contribution in [0.2, 0.25) is 0 Å². The third-order valence-electron chi connectivity index (χ3n) is 9.19. The molecular formula is C37H53N5O7. The van der Waals surface area contributed by atoms with E-state index in [1.807, 2.05) is 76.2 Å². The highest BCUT2D eigenvalue weighted by Crippen LogP contribution is 2.18. The van der Waals surface area contributed by atoms with E-state index in [9.17, 15) is 24.3 Å². The Kier molecular flexibility index (Phi) is 14.3. The maximum absolute atomic E-state index is 13.9. The van der Waals surface area contributed by atoms with Gasteiger partial charge >= 0.3 is 0 Å². The number of hydrogen-bond acceptors (Lipinski definition) is 8. The summed E-state index contributed by atoms with van der Waals surface area (Å²) in [4.78, 5) is 53.3. The molecule has 0 aliphatic carbocycles. The number of hydrogen-bond donors (Lipinski definition) is 6. The van der Waals surface area contributed by atoms with E-state index in [-0.39, 0.29) is 48.9 Å². The average molecular weight is 680 g/mol. The first kappa shape index (κ1) is 37.7. The minimum absolute atomic E-state index is 0.0374. The fourth-order valence-electron chi connectivity index (χ4n) is 5.89. The quantitative estimate of drug-likeness (QED) is 0.259. The lowest BCUT2D eigenvalue weighted by Gasteiger charge is -2.30. The Morgan fingerprint density at radius 1 is 0.776 bits per heavy atom. The predicted molar refractivity (Wildman–Crippen MR) is 186 cm³/mol. The third kappa shape index (κ3) is 11.5. The summed E-state index contributed by atoms with van der Waals surface area (Å²) < 4.78 is 11.6. The van der Waals surface area contributed by atoms with Crippen molar-refractivity contribution in [2.75, 3.05) is 26.3 Å². The Morgan fingerprint density at radius 3 is 2.00 bits per heavy atom. The molecule has 0 radical (unpaired) electrons. The van der Waals surface area contributed by atoms with Gasteiger partial charge in [-0.2, -0.15) is 0 Å². The molecule has 0 spiro atoms. The Hall–Kier alpha value is -4.16. The first-order valence-corrected chi connectivity index (χ1v) is 17.6. The number of fused-ring (bicyclic) bond motifs is 24. The second-order valence-corrected chi connectivity index (χ2v) is 13.4. The monoisotopic (exact) mass is 679 g/mol. The summed E-state index contributed by atoms with van der Waals surface area (Å²) >= 11 is 0. The highest BCUT2D eigenvalue weighted by Gasteiger charge is 2.32. The Labute approximate surface area is 289 Å². The van der Waals surface area contributed by atoms with Crippen LogP contribution in [0.1, 0.15) is 64.5 Å². The summed E-state index contributed by atoms with van der Waals surface area (Å²) in [6.07, 6.45) is 1.48. The molecule has 0 unspecified atom stereocenters. The zero-order valence-corrected chi connectivity index (χ0v) is 29.1. The van der Waals surface area contributed by atoms with Gasteiger partial charge in [0.25, 0.3) is 0 Å². The molecule has 0 saturated carbocycles. The van der Waals surface area contributed by atoms with Crippen molar-refractivity contribution in [3.05, 3.63) is 59.7 Å². The lowest BCUT2D eigenvalue weighted by molar-refractivity contribution is -0.131. The number of aliphatic hydroxyl groups excluding tert-OH is 1. The van der Waals surface area contributed by atoms with Crippen LogP contribution in [0.5, 0.6) is 11.5 Å². The maximum Gasteiger partial charge on any atom is 0.243 e. The number of benzene rings is 2. The molecule has 6 atom stereocenters. The Balaban J connectivity index is 1.57. The molecule has 0 saturated heterocycles. The van der Waals surface area contributed by atoms with Gasteiger partial charge in [-0.05, 0) is 72.9 Å². The van der Waals surface area contributed by atoms with Gasteiger partial charge in [0.15, 0.2) is 0 Å². The third-order valence-corrected chi connectivity index (χ3v) is 9.19. The van der Waals surface area contributed by atoms with Crippen molar-refractivity contribution < 1.29 is 33.8 Å². The van der Waals surface area contributed by atoms with Crippen molar-refractivity contribution in [1.29, 1.82) is 0 Å². The molecule has 2 aromatic rings. The van der Waals surface area contributed by atoms with Crippen molar-refractivity contribution in [3.8, 4) is 11.5 Å². The number of nitrogens with one attached hydrogen (secondary N) is 5. The topological polar surface area (TPSA) is 167 Å². The van der Waals surface area contributed by atoms with E-state index in [2.05, 4.69) is 26.6 Å². The lowest BCUT2D eigenvalue weighted by Crippen LogP contribution is -2.58. The van der Waals surface area contributed by atoms with Crippen molar-refractivity contribution in [1.82, 2.24) is 26.6 Å². The van der Waals surface area contributed by atoms with Crippen LogP contribution in [-0.4, -0.2) is 85.3 Å². The number of rotatable bonds is 7. The maximum atomic E-state index is 13.9. The summed E-state index contributed by atoms with van der Waals surface area (Å²) in [5, 5.41) is 26.6. The molecule has 0 fully saturated rings. The second kappa shape index (κ2) is 18.6. The van der Waals surface area contributed by atoms with Crippen LogP contribution in [0.4, 0.5) is 0 Å². The van der Waals surface area contributed by atoms with Crippen molar-refractivity contribution in [2.24, 2.45) is 11.8 Å². The lowest BCUT2D eigenvalue weighted by atomic mass is 9.96. The van der Waals surface area contributed by atoms with Gasteiger partial charge < -0.3 is 41.2 Å². The van der Waals surface area contributed by atoms with Crippen molar-refractivity contribution in [3.63, 3.8) is 0 Å². The van der Waals surface area contributed by atoms with E-state index < -0.39 is 36.2 Å². The van der Waals surface area contributed by atoms with Gasteiger partial charge in [-0.15, -0.1) is 0 Å². The van der Waals surface area contributed by atoms with Gasteiger partial charge in [0, 0.05) is 19.5 Å². The van der Waals surface area contributed by atoms with E-state index in [1.54, 1.807) is 0 Å². The average Bonchev–Trinajstić information content (AvgIpc) is 3.10. The van der Waals surface area contributed by atoms with Crippen molar-refractivity contribution in [2.45, 2.75) is 96.5 Å². The van der Waals surface area contributed by atoms with E-state index in [0.717, 1.165) is 11.1 Å². The summed E-state index contributed by atoms with van der Waals surface area (Å²) in [6, 6.07) is 11.8. The van der Waals surface area contributed by atoms with E-state index in [4.69, 9.17) is 9.47 Å². The number of aliphatic hydroxyl groups is 1. The molecule has 268 valence electrons. The Bertz CT molecular complexity index is 1380. The van der Waals surface area contributed by atoms with Crippen molar-refractivity contribution >= 4 is 23.6 Å². The van der Waals surface area contributed by atoms with Gasteiger partial charge in [0.05, 0.1) is 31.4 Å². The molecule has 12 nitrogen and oxygen atoms in total. The van der Waals surface area contributed by atoms with Gasteiger partial charge in [-0.1, -0.05) is 58.4 Å². The molecule has 6 N–H and O–H groups in total. The highest BCUT2D eigenvalue weighted by molar-refractivity contribution is 5.90. The van der Waals surface area contributed by atoms with Gasteiger partial charge in [0.2, 0.25) is 23.6 Å². The fraction of sp³-hybridized carbons (Fsp3) is 0.568.